The Hall–Kier alpha value is -2.31. The topological polar surface area (TPSA) is 144 Å². The van der Waals surface area contributed by atoms with E-state index in [2.05, 4.69) is 30.6 Å². The molecule has 0 aromatic carbocycles. The second-order valence-electron chi connectivity index (χ2n) is 7.89. The van der Waals surface area contributed by atoms with Gasteiger partial charge in [0.25, 0.3) is 10.0 Å². The summed E-state index contributed by atoms with van der Waals surface area (Å²) in [6.45, 7) is 5.36. The van der Waals surface area contributed by atoms with Crippen LogP contribution in [0.3, 0.4) is 0 Å². The normalized spacial score (nSPS) is 20.6. The first kappa shape index (κ1) is 23.4. The number of aryl methyl sites for hydroxylation is 1. The van der Waals surface area contributed by atoms with Gasteiger partial charge in [-0.05, 0) is 45.4 Å². The molecule has 1 saturated carbocycles. The molecule has 0 radical (unpaired) electrons. The lowest BCUT2D eigenvalue weighted by Gasteiger charge is -2.35. The van der Waals surface area contributed by atoms with E-state index in [1.54, 1.807) is 18.7 Å². The van der Waals surface area contributed by atoms with Crippen molar-refractivity contribution in [2.75, 3.05) is 30.8 Å². The van der Waals surface area contributed by atoms with E-state index in [4.69, 9.17) is 5.73 Å². The van der Waals surface area contributed by atoms with Crippen LogP contribution in [0.25, 0.3) is 0 Å². The van der Waals surface area contributed by atoms with Crippen LogP contribution in [0.2, 0.25) is 0 Å². The predicted molar refractivity (Wildman–Crippen MR) is 119 cm³/mol. The number of hydrogen-bond acceptors (Lipinski definition) is 9. The maximum atomic E-state index is 12.9. The molecule has 3 rings (SSSR count). The minimum absolute atomic E-state index is 0.0772. The van der Waals surface area contributed by atoms with Crippen LogP contribution in [0.4, 0.5) is 11.9 Å². The van der Waals surface area contributed by atoms with E-state index in [9.17, 15) is 8.42 Å². The summed E-state index contributed by atoms with van der Waals surface area (Å²) in [7, 11) is -0.227. The Morgan fingerprint density at radius 3 is 2.19 bits per heavy atom. The van der Waals surface area contributed by atoms with E-state index in [1.807, 2.05) is 13.8 Å². The number of anilines is 2. The summed E-state index contributed by atoms with van der Waals surface area (Å²) < 4.78 is 28.8. The fourth-order valence-corrected chi connectivity index (χ4v) is 5.29. The Kier molecular flexibility index (Phi) is 7.44. The smallest absolute Gasteiger partial charge is 0.262 e. The summed E-state index contributed by atoms with van der Waals surface area (Å²) in [6, 6.07) is -0.417. The first-order valence-corrected chi connectivity index (χ1v) is 12.2. The van der Waals surface area contributed by atoms with Crippen molar-refractivity contribution in [3.05, 3.63) is 18.3 Å². The molecule has 4 N–H and O–H groups in total. The van der Waals surface area contributed by atoms with E-state index >= 15 is 0 Å². The molecule has 31 heavy (non-hydrogen) atoms. The third-order valence-electron chi connectivity index (χ3n) is 5.71. The molecular weight excluding hydrogens is 418 g/mol. The SMILES string of the molecule is CCNc1nc(NCC)nc(C(N)C2CCC(N(C)S(=O)(=O)c3cn(C)cn3)CC2)n1. The number of hydrogen-bond donors (Lipinski definition) is 3. The maximum Gasteiger partial charge on any atom is 0.262 e. The molecule has 1 unspecified atom stereocenters. The Balaban J connectivity index is 1.67. The van der Waals surface area contributed by atoms with Gasteiger partial charge < -0.3 is 20.9 Å². The largest absolute Gasteiger partial charge is 0.354 e. The summed E-state index contributed by atoms with van der Waals surface area (Å²) in [5.41, 5.74) is 6.55. The van der Waals surface area contributed by atoms with Crippen LogP contribution in [-0.2, 0) is 17.1 Å². The lowest BCUT2D eigenvalue weighted by Crippen LogP contribution is -2.41. The van der Waals surface area contributed by atoms with Gasteiger partial charge in [-0.15, -0.1) is 0 Å². The predicted octanol–water partition coefficient (Wildman–Crippen LogP) is 1.35. The third kappa shape index (κ3) is 5.31. The van der Waals surface area contributed by atoms with Gasteiger partial charge in [0.1, 0.15) is 0 Å². The highest BCUT2D eigenvalue weighted by Crippen LogP contribution is 2.35. The maximum absolute atomic E-state index is 12.9. The van der Waals surface area contributed by atoms with Gasteiger partial charge in [0, 0.05) is 39.4 Å². The highest BCUT2D eigenvalue weighted by Gasteiger charge is 2.35. The zero-order valence-corrected chi connectivity index (χ0v) is 19.4. The molecule has 0 aliphatic heterocycles. The van der Waals surface area contributed by atoms with Gasteiger partial charge in [-0.2, -0.15) is 19.3 Å². The van der Waals surface area contributed by atoms with E-state index in [1.165, 1.54) is 16.8 Å². The van der Waals surface area contributed by atoms with Gasteiger partial charge in [-0.25, -0.2) is 13.4 Å². The van der Waals surface area contributed by atoms with Crippen molar-refractivity contribution in [1.82, 2.24) is 28.8 Å². The van der Waals surface area contributed by atoms with E-state index in [0.717, 1.165) is 25.7 Å². The lowest BCUT2D eigenvalue weighted by atomic mass is 9.81. The molecule has 1 fully saturated rings. The summed E-state index contributed by atoms with van der Waals surface area (Å²) in [5.74, 6) is 1.75. The van der Waals surface area contributed by atoms with Crippen LogP contribution in [0.1, 0.15) is 51.4 Å². The van der Waals surface area contributed by atoms with E-state index in [-0.39, 0.29) is 23.0 Å². The second kappa shape index (κ2) is 9.88. The van der Waals surface area contributed by atoms with Crippen LogP contribution < -0.4 is 16.4 Å². The van der Waals surface area contributed by atoms with Crippen molar-refractivity contribution in [1.29, 1.82) is 0 Å². The van der Waals surface area contributed by atoms with Crippen LogP contribution in [0, 0.1) is 5.92 Å². The van der Waals surface area contributed by atoms with Crippen LogP contribution in [0.15, 0.2) is 17.6 Å². The molecule has 2 aromatic heterocycles. The van der Waals surface area contributed by atoms with Crippen molar-refractivity contribution in [3.8, 4) is 0 Å². The van der Waals surface area contributed by atoms with Crippen molar-refractivity contribution < 1.29 is 8.42 Å². The van der Waals surface area contributed by atoms with Crippen molar-refractivity contribution in [3.63, 3.8) is 0 Å². The second-order valence-corrected chi connectivity index (χ2v) is 9.84. The Labute approximate surface area is 183 Å². The third-order valence-corrected chi connectivity index (χ3v) is 7.50. The van der Waals surface area contributed by atoms with E-state index < -0.39 is 10.0 Å². The van der Waals surface area contributed by atoms with Gasteiger partial charge in [0.15, 0.2) is 10.9 Å². The van der Waals surface area contributed by atoms with Crippen molar-refractivity contribution >= 4 is 21.9 Å². The Morgan fingerprint density at radius 2 is 1.71 bits per heavy atom. The number of nitrogens with one attached hydrogen (secondary N) is 2. The highest BCUT2D eigenvalue weighted by molar-refractivity contribution is 7.89. The average Bonchev–Trinajstić information content (AvgIpc) is 3.20. The quantitative estimate of drug-likeness (QED) is 0.514. The molecular formula is C19H33N9O2S. The highest BCUT2D eigenvalue weighted by atomic mass is 32.2. The minimum Gasteiger partial charge on any atom is -0.354 e. The van der Waals surface area contributed by atoms with Gasteiger partial charge in [0.05, 0.1) is 12.4 Å². The molecule has 12 heteroatoms. The molecule has 2 heterocycles. The first-order chi connectivity index (χ1) is 14.8. The number of nitrogens with zero attached hydrogens (tertiary/aromatic N) is 6. The Bertz CT molecular complexity index is 946. The van der Waals surface area contributed by atoms with Gasteiger partial charge >= 0.3 is 0 Å². The fraction of sp³-hybridized carbons (Fsp3) is 0.684. The molecule has 172 valence electrons. The molecule has 0 amide bonds. The molecule has 1 aliphatic rings. The monoisotopic (exact) mass is 451 g/mol. The molecule has 11 nitrogen and oxygen atoms in total. The van der Waals surface area contributed by atoms with Crippen LogP contribution in [-0.4, -0.2) is 63.4 Å². The summed E-state index contributed by atoms with van der Waals surface area (Å²) in [5, 5.41) is 6.32. The van der Waals surface area contributed by atoms with Gasteiger partial charge in [0.2, 0.25) is 11.9 Å². The molecule has 1 aliphatic carbocycles. The summed E-state index contributed by atoms with van der Waals surface area (Å²) in [4.78, 5) is 17.4. The van der Waals surface area contributed by atoms with Crippen LogP contribution in [0.5, 0.6) is 0 Å². The number of rotatable bonds is 9. The molecule has 0 saturated heterocycles. The molecule has 0 bridgehead atoms. The first-order valence-electron chi connectivity index (χ1n) is 10.7. The summed E-state index contributed by atoms with van der Waals surface area (Å²) >= 11 is 0. The van der Waals surface area contributed by atoms with Crippen molar-refractivity contribution in [2.45, 2.75) is 56.6 Å². The minimum atomic E-state index is -3.61. The average molecular weight is 452 g/mol. The fourth-order valence-electron chi connectivity index (χ4n) is 3.92. The number of sulfonamides is 1. The molecule has 1 atom stereocenters. The van der Waals surface area contributed by atoms with Crippen molar-refractivity contribution in [2.24, 2.45) is 18.7 Å². The zero-order chi connectivity index (χ0) is 22.6. The van der Waals surface area contributed by atoms with Gasteiger partial charge in [-0.3, -0.25) is 0 Å². The summed E-state index contributed by atoms with van der Waals surface area (Å²) in [6.07, 6.45) is 6.07. The van der Waals surface area contributed by atoms with Crippen LogP contribution >= 0.6 is 0 Å². The number of imidazole rings is 1. The molecule has 2 aromatic rings. The molecule has 0 spiro atoms. The van der Waals surface area contributed by atoms with E-state index in [0.29, 0.717) is 30.8 Å². The number of nitrogens with two attached hydrogens (primary N) is 1. The lowest BCUT2D eigenvalue weighted by molar-refractivity contribution is 0.213. The van der Waals surface area contributed by atoms with Gasteiger partial charge in [-0.1, -0.05) is 0 Å². The number of aromatic nitrogens is 5. The Morgan fingerprint density at radius 1 is 1.13 bits per heavy atom. The zero-order valence-electron chi connectivity index (χ0n) is 18.6. The standard InChI is InChI=1S/C19H33N9O2S/c1-5-21-18-24-17(25-19(26-18)22-6-2)16(20)13-7-9-14(10-8-13)28(4)31(29,30)15-11-27(3)12-23-15/h11-14,16H,5-10,20H2,1-4H3,(H2,21,22,24,25,26).